The van der Waals surface area contributed by atoms with Crippen LogP contribution >= 0.6 is 0 Å². The maximum Gasteiger partial charge on any atom is 0.241 e. The summed E-state index contributed by atoms with van der Waals surface area (Å²) in [4.78, 5) is 11.7. The number of rotatable bonds is 5. The highest BCUT2D eigenvalue weighted by molar-refractivity contribution is 7.89. The van der Waals surface area contributed by atoms with E-state index in [9.17, 15) is 13.2 Å². The van der Waals surface area contributed by atoms with E-state index in [0.29, 0.717) is 5.56 Å². The molecule has 0 aliphatic heterocycles. The van der Waals surface area contributed by atoms with Crippen molar-refractivity contribution in [1.29, 1.82) is 0 Å². The second kappa shape index (κ2) is 6.16. The van der Waals surface area contributed by atoms with Crippen LogP contribution in [0.25, 0.3) is 0 Å². The van der Waals surface area contributed by atoms with E-state index in [1.165, 1.54) is 0 Å². The average molecular weight is 284 g/mol. The summed E-state index contributed by atoms with van der Waals surface area (Å²) in [5, 5.41) is 2.63. The van der Waals surface area contributed by atoms with Crippen molar-refractivity contribution >= 4 is 15.9 Å². The largest absolute Gasteiger partial charge is 0.353 e. The molecular formula is C13H20N2O3S. The quantitative estimate of drug-likeness (QED) is 0.850. The van der Waals surface area contributed by atoms with Gasteiger partial charge in [-0.05, 0) is 44.9 Å². The number of amides is 1. The molecule has 0 unspecified atom stereocenters. The third-order valence-electron chi connectivity index (χ3n) is 2.51. The van der Waals surface area contributed by atoms with Crippen molar-refractivity contribution in [3.63, 3.8) is 0 Å². The molecule has 0 aliphatic carbocycles. The van der Waals surface area contributed by atoms with Gasteiger partial charge in [0.1, 0.15) is 0 Å². The van der Waals surface area contributed by atoms with Gasteiger partial charge in [-0.1, -0.05) is 12.1 Å². The Hall–Kier alpha value is -1.40. The lowest BCUT2D eigenvalue weighted by molar-refractivity contribution is -0.120. The molecule has 0 saturated carbocycles. The normalized spacial score (nSPS) is 11.6. The minimum absolute atomic E-state index is 0.0160. The standard InChI is InChI=1S/C13H20N2O3S/c1-9(2)15-13(16)8-14-19(17,18)12-7-10(3)5-6-11(12)4/h5-7,9,14H,8H2,1-4H3,(H,15,16). The molecular weight excluding hydrogens is 264 g/mol. The van der Waals surface area contributed by atoms with Crippen molar-refractivity contribution in [2.24, 2.45) is 0 Å². The zero-order valence-corrected chi connectivity index (χ0v) is 12.5. The van der Waals surface area contributed by atoms with Crippen LogP contribution in [0.4, 0.5) is 0 Å². The van der Waals surface area contributed by atoms with Gasteiger partial charge < -0.3 is 5.32 Å². The number of carbonyl (C=O) groups is 1. The summed E-state index contributed by atoms with van der Waals surface area (Å²) < 4.78 is 26.5. The first-order valence-corrected chi connectivity index (χ1v) is 7.57. The molecule has 6 heteroatoms. The summed E-state index contributed by atoms with van der Waals surface area (Å²) in [5.74, 6) is -0.344. The number of sulfonamides is 1. The molecule has 19 heavy (non-hydrogen) atoms. The van der Waals surface area contributed by atoms with Crippen LogP contribution in [0.3, 0.4) is 0 Å². The Morgan fingerprint density at radius 3 is 2.47 bits per heavy atom. The van der Waals surface area contributed by atoms with Crippen LogP contribution in [0.15, 0.2) is 23.1 Å². The molecule has 0 radical (unpaired) electrons. The van der Waals surface area contributed by atoms with E-state index < -0.39 is 10.0 Å². The molecule has 1 aromatic rings. The summed E-state index contributed by atoms with van der Waals surface area (Å²) in [6, 6.07) is 5.17. The Morgan fingerprint density at radius 2 is 1.89 bits per heavy atom. The van der Waals surface area contributed by atoms with Crippen molar-refractivity contribution in [3.8, 4) is 0 Å². The van der Waals surface area contributed by atoms with Crippen molar-refractivity contribution in [2.45, 2.75) is 38.6 Å². The smallest absolute Gasteiger partial charge is 0.241 e. The summed E-state index contributed by atoms with van der Waals surface area (Å²) in [6.45, 7) is 6.92. The molecule has 0 aromatic heterocycles. The molecule has 0 atom stereocenters. The predicted octanol–water partition coefficient (Wildman–Crippen LogP) is 1.11. The van der Waals surface area contributed by atoms with Crippen molar-refractivity contribution in [2.75, 3.05) is 6.54 Å². The van der Waals surface area contributed by atoms with Crippen LogP contribution < -0.4 is 10.0 Å². The second-order valence-electron chi connectivity index (χ2n) is 4.82. The van der Waals surface area contributed by atoms with Gasteiger partial charge in [-0.15, -0.1) is 0 Å². The summed E-state index contributed by atoms with van der Waals surface area (Å²) in [6.07, 6.45) is 0. The van der Waals surface area contributed by atoms with E-state index in [0.717, 1.165) is 5.56 Å². The number of aryl methyl sites for hydroxylation is 2. The maximum absolute atomic E-state index is 12.1. The van der Waals surface area contributed by atoms with Crippen LogP contribution in [0.5, 0.6) is 0 Å². The van der Waals surface area contributed by atoms with Crippen molar-refractivity contribution < 1.29 is 13.2 Å². The number of hydrogen-bond acceptors (Lipinski definition) is 3. The molecule has 0 heterocycles. The molecule has 1 rings (SSSR count). The van der Waals surface area contributed by atoms with Gasteiger partial charge in [-0.25, -0.2) is 13.1 Å². The van der Waals surface area contributed by atoms with Crippen LogP contribution in [0.2, 0.25) is 0 Å². The van der Waals surface area contributed by atoms with Gasteiger partial charge >= 0.3 is 0 Å². The van der Waals surface area contributed by atoms with Crippen molar-refractivity contribution in [1.82, 2.24) is 10.0 Å². The molecule has 0 aliphatic rings. The molecule has 5 nitrogen and oxygen atoms in total. The van der Waals surface area contributed by atoms with E-state index in [2.05, 4.69) is 10.0 Å². The van der Waals surface area contributed by atoms with Crippen LogP contribution in [0.1, 0.15) is 25.0 Å². The SMILES string of the molecule is Cc1ccc(C)c(S(=O)(=O)NCC(=O)NC(C)C)c1. The summed E-state index contributed by atoms with van der Waals surface area (Å²) >= 11 is 0. The van der Waals surface area contributed by atoms with Gasteiger partial charge in [-0.2, -0.15) is 0 Å². The van der Waals surface area contributed by atoms with Gasteiger partial charge in [-0.3, -0.25) is 4.79 Å². The molecule has 0 spiro atoms. The minimum atomic E-state index is -3.66. The number of hydrogen-bond donors (Lipinski definition) is 2. The third-order valence-corrected chi connectivity index (χ3v) is 4.05. The zero-order chi connectivity index (χ0) is 14.6. The summed E-state index contributed by atoms with van der Waals surface area (Å²) in [5.41, 5.74) is 1.51. The highest BCUT2D eigenvalue weighted by atomic mass is 32.2. The van der Waals surface area contributed by atoms with Gasteiger partial charge in [0, 0.05) is 6.04 Å². The first-order chi connectivity index (χ1) is 8.72. The molecule has 0 saturated heterocycles. The number of carbonyl (C=O) groups excluding carboxylic acids is 1. The van der Waals surface area contributed by atoms with E-state index >= 15 is 0 Å². The fourth-order valence-corrected chi connectivity index (χ4v) is 2.92. The van der Waals surface area contributed by atoms with Gasteiger partial charge in [0.15, 0.2) is 0 Å². The Labute approximate surface area is 114 Å². The monoisotopic (exact) mass is 284 g/mol. The lowest BCUT2D eigenvalue weighted by Gasteiger charge is -2.11. The van der Waals surface area contributed by atoms with Crippen LogP contribution in [-0.2, 0) is 14.8 Å². The van der Waals surface area contributed by atoms with Crippen molar-refractivity contribution in [3.05, 3.63) is 29.3 Å². The topological polar surface area (TPSA) is 75.3 Å². The van der Waals surface area contributed by atoms with E-state index in [4.69, 9.17) is 0 Å². The van der Waals surface area contributed by atoms with E-state index in [-0.39, 0.29) is 23.4 Å². The lowest BCUT2D eigenvalue weighted by Crippen LogP contribution is -2.39. The molecule has 1 amide bonds. The van der Waals surface area contributed by atoms with Gasteiger partial charge in [0.25, 0.3) is 0 Å². The first kappa shape index (κ1) is 15.7. The highest BCUT2D eigenvalue weighted by Gasteiger charge is 2.18. The summed E-state index contributed by atoms with van der Waals surface area (Å²) in [7, 11) is -3.66. The molecule has 106 valence electrons. The van der Waals surface area contributed by atoms with Gasteiger partial charge in [0.05, 0.1) is 11.4 Å². The molecule has 0 fully saturated rings. The third kappa shape index (κ3) is 4.65. The van der Waals surface area contributed by atoms with Crippen LogP contribution in [0, 0.1) is 13.8 Å². The predicted molar refractivity (Wildman–Crippen MR) is 74.4 cm³/mol. The van der Waals surface area contributed by atoms with E-state index in [1.807, 2.05) is 26.8 Å². The van der Waals surface area contributed by atoms with Gasteiger partial charge in [0.2, 0.25) is 15.9 Å². The lowest BCUT2D eigenvalue weighted by atomic mass is 10.2. The van der Waals surface area contributed by atoms with Crippen LogP contribution in [-0.4, -0.2) is 26.9 Å². The first-order valence-electron chi connectivity index (χ1n) is 6.08. The molecule has 0 bridgehead atoms. The fraction of sp³-hybridized carbons (Fsp3) is 0.462. The maximum atomic E-state index is 12.1. The fourth-order valence-electron chi connectivity index (χ4n) is 1.61. The second-order valence-corrected chi connectivity index (χ2v) is 6.55. The number of benzene rings is 1. The van der Waals surface area contributed by atoms with E-state index in [1.54, 1.807) is 19.1 Å². The average Bonchev–Trinajstić information content (AvgIpc) is 2.29. The highest BCUT2D eigenvalue weighted by Crippen LogP contribution is 2.16. The number of nitrogens with one attached hydrogen (secondary N) is 2. The zero-order valence-electron chi connectivity index (χ0n) is 11.6. The Kier molecular flexibility index (Phi) is 5.08. The minimum Gasteiger partial charge on any atom is -0.353 e. The Bertz CT molecular complexity index is 565. The molecule has 1 aromatic carbocycles. The Balaban J connectivity index is 2.82. The molecule has 2 N–H and O–H groups in total. The Morgan fingerprint density at radius 1 is 1.26 bits per heavy atom.